The number of non-ortho nitro benzene ring substituents is 1. The topological polar surface area (TPSA) is 107 Å². The van der Waals surface area contributed by atoms with Crippen molar-refractivity contribution in [3.8, 4) is 0 Å². The molecular weight excluding hydrogens is 346 g/mol. The van der Waals surface area contributed by atoms with E-state index in [9.17, 15) is 25.0 Å². The lowest BCUT2D eigenvalue weighted by molar-refractivity contribution is -0.384. The van der Waals surface area contributed by atoms with Crippen LogP contribution in [0, 0.1) is 20.2 Å². The fourth-order valence-electron chi connectivity index (χ4n) is 1.85. The van der Waals surface area contributed by atoms with Gasteiger partial charge in [-0.2, -0.15) is 0 Å². The first-order valence-corrected chi connectivity index (χ1v) is 7.41. The Kier molecular flexibility index (Phi) is 4.92. The predicted molar refractivity (Wildman–Crippen MR) is 84.9 cm³/mol. The highest BCUT2D eigenvalue weighted by molar-refractivity contribution is 7.17. The molecule has 0 bridgehead atoms. The molecule has 23 heavy (non-hydrogen) atoms. The van der Waals surface area contributed by atoms with Crippen molar-refractivity contribution < 1.29 is 14.6 Å². The second-order valence-electron chi connectivity index (χ2n) is 4.59. The maximum absolute atomic E-state index is 12.3. The molecule has 0 radical (unpaired) electrons. The smallest absolute Gasteiger partial charge is 0.324 e. The minimum Gasteiger partial charge on any atom is -0.337 e. The maximum Gasteiger partial charge on any atom is 0.324 e. The van der Waals surface area contributed by atoms with Gasteiger partial charge in [-0.1, -0.05) is 22.9 Å². The highest BCUT2D eigenvalue weighted by Gasteiger charge is 2.20. The molecule has 0 spiro atoms. The molecule has 1 aromatic carbocycles. The number of thiophene rings is 1. The molecule has 0 aliphatic rings. The largest absolute Gasteiger partial charge is 0.337 e. The molecule has 120 valence electrons. The van der Waals surface area contributed by atoms with Crippen LogP contribution in [0.1, 0.15) is 15.2 Å². The maximum atomic E-state index is 12.3. The lowest BCUT2D eigenvalue weighted by Crippen LogP contribution is -2.25. The molecule has 1 heterocycles. The van der Waals surface area contributed by atoms with Crippen LogP contribution in [0.2, 0.25) is 5.02 Å². The Balaban J connectivity index is 2.19. The number of benzene rings is 1. The Morgan fingerprint density at radius 1 is 1.22 bits per heavy atom. The van der Waals surface area contributed by atoms with Gasteiger partial charge in [-0.3, -0.25) is 25.0 Å². The summed E-state index contributed by atoms with van der Waals surface area (Å²) in [5, 5.41) is 21.6. The van der Waals surface area contributed by atoms with Crippen molar-refractivity contribution in [3.63, 3.8) is 0 Å². The minimum atomic E-state index is -0.571. The normalized spacial score (nSPS) is 10.3. The van der Waals surface area contributed by atoms with Crippen LogP contribution < -0.4 is 0 Å². The zero-order chi connectivity index (χ0) is 17.1. The zero-order valence-corrected chi connectivity index (χ0v) is 13.3. The van der Waals surface area contributed by atoms with Crippen molar-refractivity contribution in [3.05, 3.63) is 66.0 Å². The molecule has 0 N–H and O–H groups in total. The molecule has 0 atom stereocenters. The summed E-state index contributed by atoms with van der Waals surface area (Å²) in [5.41, 5.74) is 0.291. The highest BCUT2D eigenvalue weighted by Crippen LogP contribution is 2.27. The van der Waals surface area contributed by atoms with Gasteiger partial charge in [0.25, 0.3) is 11.6 Å². The summed E-state index contributed by atoms with van der Waals surface area (Å²) in [5.74, 6) is -0.425. The molecule has 1 amide bonds. The predicted octanol–water partition coefficient (Wildman–Crippen LogP) is 3.49. The summed E-state index contributed by atoms with van der Waals surface area (Å²) in [7, 11) is 1.49. The van der Waals surface area contributed by atoms with E-state index in [1.807, 2.05) is 0 Å². The Bertz CT molecular complexity index is 792. The third kappa shape index (κ3) is 3.82. The average Bonchev–Trinajstić information content (AvgIpc) is 2.98. The van der Waals surface area contributed by atoms with E-state index in [1.165, 1.54) is 42.3 Å². The van der Waals surface area contributed by atoms with E-state index in [-0.39, 0.29) is 22.1 Å². The number of nitro benzene ring substituents is 1. The number of nitro groups is 2. The molecule has 0 unspecified atom stereocenters. The van der Waals surface area contributed by atoms with E-state index >= 15 is 0 Å². The summed E-state index contributed by atoms with van der Waals surface area (Å²) in [4.78, 5) is 34.1. The number of nitrogens with zero attached hydrogens (tertiary/aromatic N) is 3. The molecule has 10 heteroatoms. The monoisotopic (exact) mass is 355 g/mol. The van der Waals surface area contributed by atoms with Gasteiger partial charge in [0.05, 0.1) is 14.7 Å². The quantitative estimate of drug-likeness (QED) is 0.602. The van der Waals surface area contributed by atoms with E-state index in [2.05, 4.69) is 0 Å². The number of carbonyl (C=O) groups excluding carboxylic acids is 1. The first-order valence-electron chi connectivity index (χ1n) is 6.22. The van der Waals surface area contributed by atoms with Gasteiger partial charge in [-0.25, -0.2) is 0 Å². The van der Waals surface area contributed by atoms with Gasteiger partial charge in [0.1, 0.15) is 0 Å². The van der Waals surface area contributed by atoms with E-state index < -0.39 is 15.8 Å². The molecule has 8 nitrogen and oxygen atoms in total. The van der Waals surface area contributed by atoms with Crippen LogP contribution in [0.15, 0.2) is 30.3 Å². The van der Waals surface area contributed by atoms with Crippen LogP contribution >= 0.6 is 22.9 Å². The van der Waals surface area contributed by atoms with Gasteiger partial charge >= 0.3 is 5.00 Å². The van der Waals surface area contributed by atoms with Crippen LogP contribution in [0.25, 0.3) is 0 Å². The summed E-state index contributed by atoms with van der Waals surface area (Å²) in [6, 6.07) is 6.59. The highest BCUT2D eigenvalue weighted by atomic mass is 35.5. The van der Waals surface area contributed by atoms with Gasteiger partial charge < -0.3 is 4.90 Å². The number of rotatable bonds is 5. The Morgan fingerprint density at radius 3 is 2.48 bits per heavy atom. The van der Waals surface area contributed by atoms with Crippen LogP contribution in [-0.2, 0) is 6.54 Å². The average molecular weight is 356 g/mol. The number of amides is 1. The number of halogens is 1. The standard InChI is InChI=1S/C13H10ClN3O5S/c1-15(13(18)11-4-5-12(23-11)17(21)22)7-8-6-9(16(19)20)2-3-10(8)14/h2-6H,7H2,1H3. The fourth-order valence-corrected chi connectivity index (χ4v) is 2.84. The van der Waals surface area contributed by atoms with Gasteiger partial charge in [-0.05, 0) is 17.7 Å². The van der Waals surface area contributed by atoms with Crippen LogP contribution in [0.4, 0.5) is 10.7 Å². The molecule has 0 aliphatic heterocycles. The SMILES string of the molecule is CN(Cc1cc([N+](=O)[O-])ccc1Cl)C(=O)c1ccc([N+](=O)[O-])s1. The minimum absolute atomic E-state index is 0.0467. The Hall–Kier alpha value is -2.52. The number of hydrogen-bond donors (Lipinski definition) is 0. The first-order chi connectivity index (χ1) is 10.8. The Morgan fingerprint density at radius 2 is 1.91 bits per heavy atom. The van der Waals surface area contributed by atoms with Crippen LogP contribution in [0.5, 0.6) is 0 Å². The molecule has 0 saturated heterocycles. The number of hydrogen-bond acceptors (Lipinski definition) is 6. The van der Waals surface area contributed by atoms with Gasteiger partial charge in [0.2, 0.25) is 0 Å². The van der Waals surface area contributed by atoms with Gasteiger partial charge in [0.15, 0.2) is 0 Å². The van der Waals surface area contributed by atoms with Gasteiger partial charge in [0, 0.05) is 36.8 Å². The van der Waals surface area contributed by atoms with E-state index in [1.54, 1.807) is 0 Å². The fraction of sp³-hybridized carbons (Fsp3) is 0.154. The Labute approximate surface area is 139 Å². The number of carbonyl (C=O) groups is 1. The summed E-state index contributed by atoms with van der Waals surface area (Å²) < 4.78 is 0. The molecule has 0 fully saturated rings. The van der Waals surface area contributed by atoms with Crippen molar-refractivity contribution in [2.45, 2.75) is 6.54 Å². The van der Waals surface area contributed by atoms with E-state index in [0.29, 0.717) is 10.6 Å². The first kappa shape index (κ1) is 16.8. The van der Waals surface area contributed by atoms with Crippen molar-refractivity contribution in [2.75, 3.05) is 7.05 Å². The molecule has 0 aliphatic carbocycles. The van der Waals surface area contributed by atoms with Crippen molar-refractivity contribution in [2.24, 2.45) is 0 Å². The van der Waals surface area contributed by atoms with Crippen LogP contribution in [0.3, 0.4) is 0 Å². The third-order valence-electron chi connectivity index (χ3n) is 2.98. The third-order valence-corrected chi connectivity index (χ3v) is 4.37. The second kappa shape index (κ2) is 6.71. The summed E-state index contributed by atoms with van der Waals surface area (Å²) in [6.45, 7) is 0.0467. The van der Waals surface area contributed by atoms with Crippen molar-refractivity contribution in [1.82, 2.24) is 4.90 Å². The van der Waals surface area contributed by atoms with Crippen molar-refractivity contribution in [1.29, 1.82) is 0 Å². The lowest BCUT2D eigenvalue weighted by atomic mass is 10.2. The van der Waals surface area contributed by atoms with Crippen LogP contribution in [-0.4, -0.2) is 27.7 Å². The molecular formula is C13H10ClN3O5S. The molecule has 2 rings (SSSR count). The van der Waals surface area contributed by atoms with E-state index in [4.69, 9.17) is 11.6 Å². The molecule has 1 aromatic heterocycles. The van der Waals surface area contributed by atoms with Crippen molar-refractivity contribution >= 4 is 39.5 Å². The molecule has 2 aromatic rings. The zero-order valence-electron chi connectivity index (χ0n) is 11.8. The van der Waals surface area contributed by atoms with E-state index in [0.717, 1.165) is 11.3 Å². The summed E-state index contributed by atoms with van der Waals surface area (Å²) in [6.07, 6.45) is 0. The second-order valence-corrected chi connectivity index (χ2v) is 6.06. The summed E-state index contributed by atoms with van der Waals surface area (Å²) >= 11 is 6.76. The lowest BCUT2D eigenvalue weighted by Gasteiger charge is -2.16. The molecule has 0 saturated carbocycles. The van der Waals surface area contributed by atoms with Gasteiger partial charge in [-0.15, -0.1) is 0 Å².